The lowest BCUT2D eigenvalue weighted by molar-refractivity contribution is -0.137. The fourth-order valence-electron chi connectivity index (χ4n) is 1.18. The zero-order chi connectivity index (χ0) is 15.3. The second kappa shape index (κ2) is 8.20. The Balaban J connectivity index is 2.65. The van der Waals surface area contributed by atoms with Gasteiger partial charge < -0.3 is 9.47 Å². The number of ether oxygens (including phenoxy) is 2. The van der Waals surface area contributed by atoms with E-state index in [0.717, 1.165) is 6.08 Å². The third-order valence-electron chi connectivity index (χ3n) is 2.12. The van der Waals surface area contributed by atoms with Crippen molar-refractivity contribution in [2.75, 3.05) is 13.2 Å². The van der Waals surface area contributed by atoms with Crippen LogP contribution in [0.3, 0.4) is 0 Å². The van der Waals surface area contributed by atoms with Crippen molar-refractivity contribution in [2.45, 2.75) is 6.42 Å². The molecule has 0 fully saturated rings. The van der Waals surface area contributed by atoms with Crippen LogP contribution in [0.5, 0.6) is 5.75 Å². The highest BCUT2D eigenvalue weighted by atomic mass is 35.5. The van der Waals surface area contributed by atoms with Gasteiger partial charge in [-0.05, 0) is 0 Å². The van der Waals surface area contributed by atoms with Crippen LogP contribution >= 0.6 is 58.0 Å². The Hall–Kier alpha value is -0.320. The minimum atomic E-state index is -0.501. The van der Waals surface area contributed by atoms with Crippen molar-refractivity contribution >= 4 is 64.0 Å². The third-order valence-corrected chi connectivity index (χ3v) is 4.36. The first-order chi connectivity index (χ1) is 9.40. The van der Waals surface area contributed by atoms with Crippen molar-refractivity contribution in [2.24, 2.45) is 0 Å². The zero-order valence-corrected chi connectivity index (χ0v) is 13.8. The molecule has 0 radical (unpaired) electrons. The Labute approximate surface area is 141 Å². The van der Waals surface area contributed by atoms with Gasteiger partial charge in [0, 0.05) is 12.5 Å². The summed E-state index contributed by atoms with van der Waals surface area (Å²) in [5.74, 6) is -0.360. The molecule has 1 rings (SSSR count). The molecule has 0 aliphatic carbocycles. The van der Waals surface area contributed by atoms with Gasteiger partial charge in [-0.15, -0.1) is 0 Å². The van der Waals surface area contributed by atoms with Crippen LogP contribution in [0.1, 0.15) is 6.42 Å². The minimum absolute atomic E-state index is 0.0654. The second-order valence-corrected chi connectivity index (χ2v) is 5.36. The number of hydrogen-bond donors (Lipinski definition) is 0. The van der Waals surface area contributed by atoms with E-state index in [4.69, 9.17) is 67.5 Å². The van der Waals surface area contributed by atoms with Crippen molar-refractivity contribution in [1.82, 2.24) is 0 Å². The molecule has 0 saturated carbocycles. The van der Waals surface area contributed by atoms with E-state index in [1.807, 2.05) is 0 Å². The number of rotatable bonds is 6. The molecule has 0 heterocycles. The molecule has 0 bridgehead atoms. The maximum Gasteiger partial charge on any atom is 0.330 e. The van der Waals surface area contributed by atoms with E-state index in [1.54, 1.807) is 0 Å². The Bertz CT molecular complexity index is 501. The van der Waals surface area contributed by atoms with Crippen LogP contribution in [0, 0.1) is 0 Å². The van der Waals surface area contributed by atoms with Gasteiger partial charge in [-0.2, -0.15) is 0 Å². The zero-order valence-electron chi connectivity index (χ0n) is 10.0. The van der Waals surface area contributed by atoms with Gasteiger partial charge in [0.2, 0.25) is 0 Å². The molecule has 0 unspecified atom stereocenters. The summed E-state index contributed by atoms with van der Waals surface area (Å²) in [5, 5.41) is 0.352. The molecule has 8 heteroatoms. The molecular formula is C12H9Cl5O3. The number of hydrogen-bond acceptors (Lipinski definition) is 3. The third kappa shape index (κ3) is 4.34. The topological polar surface area (TPSA) is 35.5 Å². The number of carbonyl (C=O) groups is 1. The second-order valence-electron chi connectivity index (χ2n) is 3.47. The average Bonchev–Trinajstić information content (AvgIpc) is 2.45. The summed E-state index contributed by atoms with van der Waals surface area (Å²) >= 11 is 29.6. The monoisotopic (exact) mass is 376 g/mol. The van der Waals surface area contributed by atoms with Crippen molar-refractivity contribution < 1.29 is 14.3 Å². The van der Waals surface area contributed by atoms with E-state index in [1.165, 1.54) is 0 Å². The van der Waals surface area contributed by atoms with Gasteiger partial charge in [-0.1, -0.05) is 64.6 Å². The van der Waals surface area contributed by atoms with Gasteiger partial charge in [0.1, 0.15) is 10.0 Å². The number of benzene rings is 1. The molecule has 3 nitrogen and oxygen atoms in total. The highest BCUT2D eigenvalue weighted by Crippen LogP contribution is 2.48. The molecule has 0 spiro atoms. The van der Waals surface area contributed by atoms with Gasteiger partial charge in [0.25, 0.3) is 0 Å². The first kappa shape index (κ1) is 17.7. The van der Waals surface area contributed by atoms with Crippen LogP contribution in [0.4, 0.5) is 0 Å². The summed E-state index contributed by atoms with van der Waals surface area (Å²) < 4.78 is 10.2. The van der Waals surface area contributed by atoms with Gasteiger partial charge in [-0.3, -0.25) is 0 Å². The molecule has 0 atom stereocenters. The molecular weight excluding hydrogens is 369 g/mol. The van der Waals surface area contributed by atoms with E-state index < -0.39 is 5.97 Å². The summed E-state index contributed by atoms with van der Waals surface area (Å²) in [6.45, 7) is 3.66. The van der Waals surface area contributed by atoms with E-state index in [9.17, 15) is 4.79 Å². The molecule has 0 aliphatic heterocycles. The highest BCUT2D eigenvalue weighted by molar-refractivity contribution is 6.55. The van der Waals surface area contributed by atoms with E-state index >= 15 is 0 Å². The lowest BCUT2D eigenvalue weighted by atomic mass is 10.3. The van der Waals surface area contributed by atoms with Crippen LogP contribution in [0.15, 0.2) is 12.7 Å². The molecule has 110 valence electrons. The predicted octanol–water partition coefficient (Wildman–Crippen LogP) is 5.45. The Morgan fingerprint density at radius 1 is 0.950 bits per heavy atom. The SMILES string of the molecule is C=CC(=O)OCCCOc1c(Cl)c(Cl)c(Cl)c(Cl)c1Cl. The van der Waals surface area contributed by atoms with Crippen LogP contribution in [-0.2, 0) is 9.53 Å². The van der Waals surface area contributed by atoms with E-state index in [2.05, 4.69) is 6.58 Å². The lowest BCUT2D eigenvalue weighted by Gasteiger charge is -2.13. The Kier molecular flexibility index (Phi) is 7.27. The Morgan fingerprint density at radius 3 is 1.95 bits per heavy atom. The van der Waals surface area contributed by atoms with Crippen LogP contribution in [-0.4, -0.2) is 19.2 Å². The molecule has 0 aromatic heterocycles. The molecule has 1 aromatic rings. The van der Waals surface area contributed by atoms with Crippen LogP contribution < -0.4 is 4.74 Å². The van der Waals surface area contributed by atoms with E-state index in [0.29, 0.717) is 6.42 Å². The van der Waals surface area contributed by atoms with Crippen LogP contribution in [0.2, 0.25) is 25.1 Å². The molecule has 20 heavy (non-hydrogen) atoms. The normalized spacial score (nSPS) is 10.2. The summed E-state index contributed by atoms with van der Waals surface area (Å²) in [6.07, 6.45) is 1.51. The first-order valence-electron chi connectivity index (χ1n) is 5.33. The number of halogens is 5. The summed E-state index contributed by atoms with van der Waals surface area (Å²) in [4.78, 5) is 10.8. The quantitative estimate of drug-likeness (QED) is 0.217. The van der Waals surface area contributed by atoms with Gasteiger partial charge in [-0.25, -0.2) is 4.79 Å². The maximum atomic E-state index is 10.8. The van der Waals surface area contributed by atoms with Crippen LogP contribution in [0.25, 0.3) is 0 Å². The molecule has 0 aliphatic rings. The fraction of sp³-hybridized carbons (Fsp3) is 0.250. The van der Waals surface area contributed by atoms with Gasteiger partial charge >= 0.3 is 5.97 Å². The number of carbonyl (C=O) groups excluding carboxylic acids is 1. The lowest BCUT2D eigenvalue weighted by Crippen LogP contribution is -2.07. The van der Waals surface area contributed by atoms with Crippen molar-refractivity contribution in [3.05, 3.63) is 37.8 Å². The average molecular weight is 378 g/mol. The van der Waals surface area contributed by atoms with Crippen molar-refractivity contribution in [1.29, 1.82) is 0 Å². The number of esters is 1. The van der Waals surface area contributed by atoms with Gasteiger partial charge in [0.05, 0.1) is 28.3 Å². The fourth-order valence-corrected chi connectivity index (χ4v) is 2.41. The summed E-state index contributed by atoms with van der Waals surface area (Å²) in [7, 11) is 0. The molecule has 1 aromatic carbocycles. The minimum Gasteiger partial charge on any atom is -0.490 e. The Morgan fingerprint density at radius 2 is 1.45 bits per heavy atom. The van der Waals surface area contributed by atoms with Crippen molar-refractivity contribution in [3.8, 4) is 5.75 Å². The molecule has 0 amide bonds. The summed E-state index contributed by atoms with van der Waals surface area (Å²) in [6, 6.07) is 0. The predicted molar refractivity (Wildman–Crippen MR) is 82.8 cm³/mol. The largest absolute Gasteiger partial charge is 0.490 e. The molecule has 0 saturated heterocycles. The van der Waals surface area contributed by atoms with Crippen molar-refractivity contribution in [3.63, 3.8) is 0 Å². The smallest absolute Gasteiger partial charge is 0.330 e. The standard InChI is InChI=1S/C12H9Cl5O3/c1-2-6(18)19-4-3-5-20-12-10(16)8(14)7(13)9(15)11(12)17/h2H,1,3-5H2. The maximum absolute atomic E-state index is 10.8. The molecule has 0 N–H and O–H groups in total. The highest BCUT2D eigenvalue weighted by Gasteiger charge is 2.20. The van der Waals surface area contributed by atoms with E-state index in [-0.39, 0.29) is 44.1 Å². The van der Waals surface area contributed by atoms with Gasteiger partial charge in [0.15, 0.2) is 5.75 Å². The first-order valence-corrected chi connectivity index (χ1v) is 7.22. The summed E-state index contributed by atoms with van der Waals surface area (Å²) in [5.41, 5.74) is 0.